The lowest BCUT2D eigenvalue weighted by atomic mass is 10.0. The smallest absolute Gasteiger partial charge is 0.258 e. The van der Waals surface area contributed by atoms with Crippen LogP contribution in [0.3, 0.4) is 0 Å². The zero-order valence-corrected chi connectivity index (χ0v) is 20.4. The standard InChI is InChI=1S/C23H32N6O3S/c1-5-33-23-27-21(25-11-13-31-4)19-14-26-29(22(19)28-23)12-10-24-20(30)15-32-18-8-6-17(7-9-18)16(2)3/h6-9,14,16H,5,10-13,15H2,1-4H3,(H,24,30)(H,25,27,28). The van der Waals surface area contributed by atoms with Crippen LogP contribution >= 0.6 is 11.8 Å². The lowest BCUT2D eigenvalue weighted by Crippen LogP contribution is -2.31. The van der Waals surface area contributed by atoms with Gasteiger partial charge in [-0.05, 0) is 29.4 Å². The third kappa shape index (κ3) is 7.06. The summed E-state index contributed by atoms with van der Waals surface area (Å²) in [6.07, 6.45) is 1.75. The lowest BCUT2D eigenvalue weighted by Gasteiger charge is -2.10. The molecule has 2 N–H and O–H groups in total. The quantitative estimate of drug-likeness (QED) is 0.222. The van der Waals surface area contributed by atoms with Gasteiger partial charge in [0.15, 0.2) is 17.4 Å². The zero-order chi connectivity index (χ0) is 23.6. The first-order chi connectivity index (χ1) is 16.0. The van der Waals surface area contributed by atoms with E-state index in [0.717, 1.165) is 22.6 Å². The maximum Gasteiger partial charge on any atom is 0.258 e. The molecule has 3 aromatic rings. The Morgan fingerprint density at radius 1 is 1.18 bits per heavy atom. The zero-order valence-electron chi connectivity index (χ0n) is 19.6. The van der Waals surface area contributed by atoms with Gasteiger partial charge in [0.2, 0.25) is 0 Å². The first-order valence-electron chi connectivity index (χ1n) is 11.1. The fraction of sp³-hybridized carbons (Fsp3) is 0.478. The number of fused-ring (bicyclic) bond motifs is 1. The number of hydrogen-bond donors (Lipinski definition) is 2. The fourth-order valence-electron chi connectivity index (χ4n) is 3.15. The molecule has 0 bridgehead atoms. The Morgan fingerprint density at radius 2 is 1.97 bits per heavy atom. The predicted molar refractivity (Wildman–Crippen MR) is 131 cm³/mol. The van der Waals surface area contributed by atoms with Gasteiger partial charge in [-0.15, -0.1) is 0 Å². The Hall–Kier alpha value is -2.85. The topological polar surface area (TPSA) is 103 Å². The lowest BCUT2D eigenvalue weighted by molar-refractivity contribution is -0.123. The molecule has 9 nitrogen and oxygen atoms in total. The maximum atomic E-state index is 12.2. The van der Waals surface area contributed by atoms with E-state index in [0.29, 0.717) is 43.1 Å². The van der Waals surface area contributed by atoms with Crippen LogP contribution in [0, 0.1) is 0 Å². The van der Waals surface area contributed by atoms with Crippen LogP contribution in [0.25, 0.3) is 11.0 Å². The number of carbonyl (C=O) groups excluding carboxylic acids is 1. The monoisotopic (exact) mass is 472 g/mol. The number of hydrogen-bond acceptors (Lipinski definition) is 8. The number of nitrogens with one attached hydrogen (secondary N) is 2. The molecule has 10 heteroatoms. The van der Waals surface area contributed by atoms with Crippen molar-refractivity contribution in [3.63, 3.8) is 0 Å². The van der Waals surface area contributed by atoms with Crippen molar-refractivity contribution in [2.45, 2.75) is 38.4 Å². The van der Waals surface area contributed by atoms with Gasteiger partial charge in [0.05, 0.1) is 24.7 Å². The molecular weight excluding hydrogens is 440 g/mol. The summed E-state index contributed by atoms with van der Waals surface area (Å²) in [6.45, 7) is 8.42. The summed E-state index contributed by atoms with van der Waals surface area (Å²) in [7, 11) is 1.66. The van der Waals surface area contributed by atoms with Gasteiger partial charge in [-0.3, -0.25) is 4.79 Å². The van der Waals surface area contributed by atoms with Crippen molar-refractivity contribution in [1.82, 2.24) is 25.1 Å². The van der Waals surface area contributed by atoms with Crippen LogP contribution in [0.2, 0.25) is 0 Å². The van der Waals surface area contributed by atoms with Gasteiger partial charge in [-0.25, -0.2) is 14.6 Å². The van der Waals surface area contributed by atoms with E-state index < -0.39 is 0 Å². The average Bonchev–Trinajstić information content (AvgIpc) is 3.21. The molecule has 3 rings (SSSR count). The van der Waals surface area contributed by atoms with Crippen molar-refractivity contribution in [1.29, 1.82) is 0 Å². The number of anilines is 1. The number of ether oxygens (including phenoxy) is 2. The van der Waals surface area contributed by atoms with Crippen molar-refractivity contribution in [3.8, 4) is 5.75 Å². The molecular formula is C23H32N6O3S. The Kier molecular flexibility index (Phi) is 9.32. The molecule has 1 aromatic carbocycles. The minimum absolute atomic E-state index is 0.0338. The molecule has 0 aliphatic rings. The molecule has 178 valence electrons. The van der Waals surface area contributed by atoms with Crippen molar-refractivity contribution in [3.05, 3.63) is 36.0 Å². The van der Waals surface area contributed by atoms with E-state index in [9.17, 15) is 4.79 Å². The van der Waals surface area contributed by atoms with E-state index in [2.05, 4.69) is 46.5 Å². The number of rotatable bonds is 13. The normalized spacial score (nSPS) is 11.2. The molecule has 2 aromatic heterocycles. The molecule has 2 heterocycles. The van der Waals surface area contributed by atoms with Crippen LogP contribution < -0.4 is 15.4 Å². The van der Waals surface area contributed by atoms with E-state index in [1.165, 1.54) is 5.56 Å². The molecule has 0 atom stereocenters. The minimum atomic E-state index is -0.182. The number of benzene rings is 1. The Labute approximate surface area is 198 Å². The average molecular weight is 473 g/mol. The summed E-state index contributed by atoms with van der Waals surface area (Å²) in [5, 5.41) is 12.1. The van der Waals surface area contributed by atoms with E-state index in [1.807, 2.05) is 24.3 Å². The Bertz CT molecular complexity index is 1040. The maximum absolute atomic E-state index is 12.2. The molecule has 33 heavy (non-hydrogen) atoms. The van der Waals surface area contributed by atoms with Crippen LogP contribution in [0.5, 0.6) is 5.75 Å². The van der Waals surface area contributed by atoms with Crippen LogP contribution in [0.1, 0.15) is 32.3 Å². The van der Waals surface area contributed by atoms with Gasteiger partial charge < -0.3 is 20.1 Å². The molecule has 0 radical (unpaired) electrons. The van der Waals surface area contributed by atoms with E-state index in [4.69, 9.17) is 9.47 Å². The van der Waals surface area contributed by atoms with E-state index in [-0.39, 0.29) is 12.5 Å². The number of nitrogens with zero attached hydrogens (tertiary/aromatic N) is 4. The van der Waals surface area contributed by atoms with Gasteiger partial charge in [-0.1, -0.05) is 44.7 Å². The second-order valence-corrected chi connectivity index (χ2v) is 8.91. The fourth-order valence-corrected chi connectivity index (χ4v) is 3.71. The highest BCUT2D eigenvalue weighted by atomic mass is 32.2. The summed E-state index contributed by atoms with van der Waals surface area (Å²) in [5.41, 5.74) is 1.97. The molecule has 0 saturated carbocycles. The molecule has 0 aliphatic heterocycles. The van der Waals surface area contributed by atoms with Crippen LogP contribution in [-0.4, -0.2) is 64.8 Å². The number of aromatic nitrogens is 4. The highest BCUT2D eigenvalue weighted by Crippen LogP contribution is 2.24. The Balaban J connectivity index is 1.56. The number of methoxy groups -OCH3 is 1. The van der Waals surface area contributed by atoms with Gasteiger partial charge in [0, 0.05) is 20.2 Å². The Morgan fingerprint density at radius 3 is 2.67 bits per heavy atom. The third-order valence-electron chi connectivity index (χ3n) is 4.91. The van der Waals surface area contributed by atoms with E-state index >= 15 is 0 Å². The highest BCUT2D eigenvalue weighted by Gasteiger charge is 2.13. The van der Waals surface area contributed by atoms with Crippen LogP contribution in [0.15, 0.2) is 35.6 Å². The van der Waals surface area contributed by atoms with Crippen molar-refractivity contribution in [2.24, 2.45) is 0 Å². The van der Waals surface area contributed by atoms with Gasteiger partial charge in [0.25, 0.3) is 5.91 Å². The van der Waals surface area contributed by atoms with Crippen LogP contribution in [0.4, 0.5) is 5.82 Å². The van der Waals surface area contributed by atoms with E-state index in [1.54, 1.807) is 29.8 Å². The summed E-state index contributed by atoms with van der Waals surface area (Å²) in [5.74, 6) is 2.56. The van der Waals surface area contributed by atoms with Gasteiger partial charge in [-0.2, -0.15) is 5.10 Å². The summed E-state index contributed by atoms with van der Waals surface area (Å²) < 4.78 is 12.5. The summed E-state index contributed by atoms with van der Waals surface area (Å²) >= 11 is 1.57. The third-order valence-corrected chi connectivity index (χ3v) is 5.64. The minimum Gasteiger partial charge on any atom is -0.484 e. The summed E-state index contributed by atoms with van der Waals surface area (Å²) in [6, 6.07) is 7.82. The first-order valence-corrected chi connectivity index (χ1v) is 12.1. The largest absolute Gasteiger partial charge is 0.484 e. The van der Waals surface area contributed by atoms with Crippen LogP contribution in [-0.2, 0) is 16.1 Å². The number of carbonyl (C=O) groups is 1. The van der Waals surface area contributed by atoms with Gasteiger partial charge in [0.1, 0.15) is 11.6 Å². The predicted octanol–water partition coefficient (Wildman–Crippen LogP) is 3.32. The molecule has 0 aliphatic carbocycles. The number of amides is 1. The molecule has 1 amide bonds. The SMILES string of the molecule is CCSc1nc(NCCOC)c2cnn(CCNC(=O)COc3ccc(C(C)C)cc3)c2n1. The molecule has 0 fully saturated rings. The second-order valence-electron chi connectivity index (χ2n) is 7.67. The van der Waals surface area contributed by atoms with Crippen molar-refractivity contribution in [2.75, 3.05) is 44.5 Å². The van der Waals surface area contributed by atoms with Gasteiger partial charge >= 0.3 is 0 Å². The summed E-state index contributed by atoms with van der Waals surface area (Å²) in [4.78, 5) is 21.5. The number of thioether (sulfide) groups is 1. The molecule has 0 spiro atoms. The van der Waals surface area contributed by atoms with Crippen molar-refractivity contribution >= 4 is 34.5 Å². The van der Waals surface area contributed by atoms with Crippen molar-refractivity contribution < 1.29 is 14.3 Å². The molecule has 0 unspecified atom stereocenters. The highest BCUT2D eigenvalue weighted by molar-refractivity contribution is 7.99. The molecule has 0 saturated heterocycles. The first kappa shape index (κ1) is 24.8. The second kappa shape index (κ2) is 12.4.